The van der Waals surface area contributed by atoms with E-state index in [2.05, 4.69) is 10.3 Å². The molecule has 0 saturated carbocycles. The minimum Gasteiger partial charge on any atom is -0.326 e. The molecule has 2 aromatic heterocycles. The first-order valence-electron chi connectivity index (χ1n) is 9.50. The minimum atomic E-state index is -3.61. The second kappa shape index (κ2) is 8.29. The molecule has 1 amide bonds. The molecule has 1 saturated heterocycles. The van der Waals surface area contributed by atoms with Gasteiger partial charge in [0.05, 0.1) is 17.9 Å². The molecule has 0 bridgehead atoms. The van der Waals surface area contributed by atoms with Crippen LogP contribution in [-0.2, 0) is 14.8 Å². The number of carbonyl (C=O) groups excluding carboxylic acids is 1. The monoisotopic (exact) mass is 448 g/mol. The number of thiophene rings is 1. The maximum atomic E-state index is 14.4. The molecule has 30 heavy (non-hydrogen) atoms. The Labute approximate surface area is 178 Å². The number of carbonyl (C=O) groups is 1. The van der Waals surface area contributed by atoms with Crippen molar-refractivity contribution < 1.29 is 17.6 Å². The minimum absolute atomic E-state index is 0.112. The van der Waals surface area contributed by atoms with E-state index in [4.69, 9.17) is 0 Å². The highest BCUT2D eigenvalue weighted by Gasteiger charge is 2.34. The second-order valence-corrected chi connectivity index (χ2v) is 10.6. The number of benzene rings is 1. The van der Waals surface area contributed by atoms with Crippen LogP contribution in [-0.4, -0.2) is 41.3 Å². The third-order valence-corrected chi connectivity index (χ3v) is 8.40. The van der Waals surface area contributed by atoms with Crippen LogP contribution in [0, 0.1) is 18.7 Å². The number of halogens is 1. The first-order chi connectivity index (χ1) is 14.3. The zero-order valence-corrected chi connectivity index (χ0v) is 17.9. The number of imidazole rings is 1. The number of aromatic nitrogens is 2. The van der Waals surface area contributed by atoms with Crippen molar-refractivity contribution in [3.63, 3.8) is 0 Å². The molecule has 3 heterocycles. The van der Waals surface area contributed by atoms with Gasteiger partial charge in [0.15, 0.2) is 0 Å². The quantitative estimate of drug-likeness (QED) is 0.648. The van der Waals surface area contributed by atoms with E-state index in [-0.39, 0.29) is 12.5 Å². The summed E-state index contributed by atoms with van der Waals surface area (Å²) >= 11 is 1.22. The van der Waals surface area contributed by atoms with E-state index in [0.717, 1.165) is 4.88 Å². The molecule has 0 spiro atoms. The van der Waals surface area contributed by atoms with Gasteiger partial charge in [-0.2, -0.15) is 4.31 Å². The smallest absolute Gasteiger partial charge is 0.252 e. The summed E-state index contributed by atoms with van der Waals surface area (Å²) < 4.78 is 43.4. The third kappa shape index (κ3) is 4.16. The van der Waals surface area contributed by atoms with Crippen LogP contribution in [0.1, 0.15) is 17.7 Å². The first kappa shape index (κ1) is 20.7. The lowest BCUT2D eigenvalue weighted by Crippen LogP contribution is -2.43. The van der Waals surface area contributed by atoms with Crippen LogP contribution in [0.2, 0.25) is 0 Å². The maximum absolute atomic E-state index is 14.4. The van der Waals surface area contributed by atoms with E-state index in [0.29, 0.717) is 35.0 Å². The molecule has 4 rings (SSSR count). The number of rotatable bonds is 5. The van der Waals surface area contributed by atoms with Gasteiger partial charge in [0.2, 0.25) is 5.91 Å². The largest absolute Gasteiger partial charge is 0.326 e. The summed E-state index contributed by atoms with van der Waals surface area (Å²) in [6, 6.07) is 7.79. The summed E-state index contributed by atoms with van der Waals surface area (Å²) in [6.07, 6.45) is 5.84. The van der Waals surface area contributed by atoms with Crippen molar-refractivity contribution in [3.05, 3.63) is 59.7 Å². The summed E-state index contributed by atoms with van der Waals surface area (Å²) in [7, 11) is -3.61. The lowest BCUT2D eigenvalue weighted by Gasteiger charge is -2.30. The summed E-state index contributed by atoms with van der Waals surface area (Å²) in [6.45, 7) is 2.35. The average molecular weight is 449 g/mol. The predicted octanol–water partition coefficient (Wildman–Crippen LogP) is 3.42. The topological polar surface area (TPSA) is 84.3 Å². The Hall–Kier alpha value is -2.56. The van der Waals surface area contributed by atoms with Gasteiger partial charge in [-0.25, -0.2) is 17.8 Å². The van der Waals surface area contributed by atoms with Crippen LogP contribution < -0.4 is 5.32 Å². The highest BCUT2D eigenvalue weighted by molar-refractivity contribution is 7.91. The molecule has 1 aliphatic heterocycles. The van der Waals surface area contributed by atoms with Crippen molar-refractivity contribution in [1.82, 2.24) is 13.9 Å². The van der Waals surface area contributed by atoms with Crippen molar-refractivity contribution in [1.29, 1.82) is 0 Å². The highest BCUT2D eigenvalue weighted by atomic mass is 32.2. The predicted molar refractivity (Wildman–Crippen MR) is 113 cm³/mol. The van der Waals surface area contributed by atoms with E-state index in [1.807, 2.05) is 6.92 Å². The fourth-order valence-corrected chi connectivity index (χ4v) is 6.45. The van der Waals surface area contributed by atoms with Crippen molar-refractivity contribution in [2.24, 2.45) is 5.92 Å². The summed E-state index contributed by atoms with van der Waals surface area (Å²) in [5, 5.41) is 2.72. The van der Waals surface area contributed by atoms with Gasteiger partial charge in [0.25, 0.3) is 10.0 Å². The SMILES string of the molecule is Cc1ccc(S(=O)(=O)N2CCC[C@@H](C(=O)Nc3ccc(-n4ccnc4)c(F)c3)C2)s1. The first-order valence-corrected chi connectivity index (χ1v) is 11.8. The fourth-order valence-electron chi connectivity index (χ4n) is 3.49. The van der Waals surface area contributed by atoms with Crippen LogP contribution in [0.25, 0.3) is 5.69 Å². The summed E-state index contributed by atoms with van der Waals surface area (Å²) in [5.41, 5.74) is 0.655. The molecule has 1 fully saturated rings. The van der Waals surface area contributed by atoms with Gasteiger partial charge < -0.3 is 9.88 Å². The number of piperidine rings is 1. The average Bonchev–Trinajstić information content (AvgIpc) is 3.40. The highest BCUT2D eigenvalue weighted by Crippen LogP contribution is 2.29. The van der Waals surface area contributed by atoms with Gasteiger partial charge in [-0.15, -0.1) is 11.3 Å². The van der Waals surface area contributed by atoms with E-state index in [1.54, 1.807) is 36.7 Å². The molecular weight excluding hydrogens is 427 g/mol. The van der Waals surface area contributed by atoms with Crippen molar-refractivity contribution in [3.8, 4) is 5.69 Å². The number of sulfonamides is 1. The number of amides is 1. The lowest BCUT2D eigenvalue weighted by molar-refractivity contribution is -0.120. The molecule has 1 atom stereocenters. The van der Waals surface area contributed by atoms with Crippen molar-refractivity contribution in [2.75, 3.05) is 18.4 Å². The Morgan fingerprint density at radius 1 is 1.30 bits per heavy atom. The van der Waals surface area contributed by atoms with E-state index < -0.39 is 21.8 Å². The zero-order chi connectivity index (χ0) is 21.3. The molecule has 0 unspecified atom stereocenters. The standard InChI is InChI=1S/C20H21FN4O3S2/c1-14-4-7-19(29-14)30(27,28)25-9-2-3-15(12-25)20(26)23-16-5-6-18(17(21)11-16)24-10-8-22-13-24/h4-8,10-11,13,15H,2-3,9,12H2,1H3,(H,23,26)/t15-/m1/s1. The number of hydrogen-bond acceptors (Lipinski definition) is 5. The second-order valence-electron chi connectivity index (χ2n) is 7.19. The molecule has 1 N–H and O–H groups in total. The van der Waals surface area contributed by atoms with Crippen LogP contribution in [0.5, 0.6) is 0 Å². The normalized spacial score (nSPS) is 17.7. The molecule has 0 aliphatic carbocycles. The number of nitrogens with one attached hydrogen (secondary N) is 1. The fraction of sp³-hybridized carbons (Fsp3) is 0.300. The summed E-state index contributed by atoms with van der Waals surface area (Å²) in [4.78, 5) is 17.6. The molecule has 158 valence electrons. The maximum Gasteiger partial charge on any atom is 0.252 e. The number of nitrogens with zero attached hydrogens (tertiary/aromatic N) is 3. The Bertz CT molecular complexity index is 1160. The third-order valence-electron chi connectivity index (χ3n) is 5.06. The molecule has 3 aromatic rings. The number of anilines is 1. The van der Waals surface area contributed by atoms with Gasteiger partial charge in [0, 0.05) is 36.0 Å². The van der Waals surface area contributed by atoms with E-state index in [1.165, 1.54) is 32.6 Å². The van der Waals surface area contributed by atoms with Gasteiger partial charge >= 0.3 is 0 Å². The Balaban J connectivity index is 1.45. The van der Waals surface area contributed by atoms with Crippen molar-refractivity contribution in [2.45, 2.75) is 24.0 Å². The van der Waals surface area contributed by atoms with Crippen LogP contribution in [0.4, 0.5) is 10.1 Å². The molecule has 1 aliphatic rings. The van der Waals surface area contributed by atoms with Gasteiger partial charge in [-0.3, -0.25) is 4.79 Å². The number of hydrogen-bond donors (Lipinski definition) is 1. The van der Waals surface area contributed by atoms with Crippen molar-refractivity contribution >= 4 is 33.0 Å². The van der Waals surface area contributed by atoms with E-state index in [9.17, 15) is 17.6 Å². The Morgan fingerprint density at radius 3 is 2.80 bits per heavy atom. The lowest BCUT2D eigenvalue weighted by atomic mass is 9.98. The van der Waals surface area contributed by atoms with Crippen LogP contribution >= 0.6 is 11.3 Å². The molecule has 0 radical (unpaired) electrons. The van der Waals surface area contributed by atoms with Crippen LogP contribution in [0.15, 0.2) is 53.3 Å². The number of aryl methyl sites for hydroxylation is 1. The van der Waals surface area contributed by atoms with Gasteiger partial charge in [-0.05, 0) is 50.1 Å². The van der Waals surface area contributed by atoms with E-state index >= 15 is 0 Å². The van der Waals surface area contributed by atoms with Gasteiger partial charge in [0.1, 0.15) is 10.0 Å². The molecule has 7 nitrogen and oxygen atoms in total. The van der Waals surface area contributed by atoms with Gasteiger partial charge in [-0.1, -0.05) is 0 Å². The summed E-state index contributed by atoms with van der Waals surface area (Å²) in [5.74, 6) is -1.30. The molecule has 10 heteroatoms. The zero-order valence-electron chi connectivity index (χ0n) is 16.3. The Kier molecular flexibility index (Phi) is 5.72. The van der Waals surface area contributed by atoms with Crippen LogP contribution in [0.3, 0.4) is 0 Å². The molecular formula is C20H21FN4O3S2. The molecule has 1 aromatic carbocycles. The Morgan fingerprint density at radius 2 is 2.13 bits per heavy atom.